The van der Waals surface area contributed by atoms with Gasteiger partial charge in [-0.2, -0.15) is 0 Å². The van der Waals surface area contributed by atoms with E-state index in [4.69, 9.17) is 0 Å². The second-order valence-corrected chi connectivity index (χ2v) is 6.79. The van der Waals surface area contributed by atoms with Crippen LogP contribution in [0.3, 0.4) is 0 Å². The first kappa shape index (κ1) is 13.6. The summed E-state index contributed by atoms with van der Waals surface area (Å²) in [5.41, 5.74) is 0.769. The number of hydrogen-bond donors (Lipinski definition) is 1. The van der Waals surface area contributed by atoms with Gasteiger partial charge in [0.25, 0.3) is 5.56 Å². The maximum atomic E-state index is 12.1. The number of nitrogens with zero attached hydrogens (tertiary/aromatic N) is 2. The Bertz CT molecular complexity index is 707. The van der Waals surface area contributed by atoms with Gasteiger partial charge >= 0.3 is 0 Å². The Morgan fingerprint density at radius 2 is 2.40 bits per heavy atom. The molecule has 20 heavy (non-hydrogen) atoms. The molecule has 1 saturated heterocycles. The van der Waals surface area contributed by atoms with Crippen molar-refractivity contribution in [1.29, 1.82) is 0 Å². The molecule has 1 amide bonds. The van der Waals surface area contributed by atoms with Crippen LogP contribution in [0.2, 0.25) is 0 Å². The van der Waals surface area contributed by atoms with Crippen molar-refractivity contribution in [2.24, 2.45) is 13.0 Å². The molecule has 0 bridgehead atoms. The van der Waals surface area contributed by atoms with E-state index in [-0.39, 0.29) is 17.4 Å². The Morgan fingerprint density at radius 3 is 3.15 bits per heavy atom. The topological polar surface area (TPSA) is 64.0 Å². The summed E-state index contributed by atoms with van der Waals surface area (Å²) in [6.07, 6.45) is 1.74. The number of carbonyl (C=O) groups excluding carboxylic acids is 1. The smallest absolute Gasteiger partial charge is 0.271 e. The van der Waals surface area contributed by atoms with Crippen molar-refractivity contribution in [3.8, 4) is 0 Å². The van der Waals surface area contributed by atoms with E-state index in [1.165, 1.54) is 11.3 Å². The van der Waals surface area contributed by atoms with Gasteiger partial charge in [0.05, 0.1) is 5.52 Å². The Morgan fingerprint density at radius 1 is 1.55 bits per heavy atom. The molecule has 0 aliphatic carbocycles. The third-order valence-electron chi connectivity index (χ3n) is 3.51. The SMILES string of the molecule is Cn1c(SCC[C@H]2CCNC2=O)nc2ccsc2c1=O. The molecule has 0 radical (unpaired) electrons. The summed E-state index contributed by atoms with van der Waals surface area (Å²) in [4.78, 5) is 28.1. The van der Waals surface area contributed by atoms with Gasteiger partial charge in [-0.3, -0.25) is 14.2 Å². The van der Waals surface area contributed by atoms with Crippen LogP contribution in [0.25, 0.3) is 10.2 Å². The van der Waals surface area contributed by atoms with E-state index >= 15 is 0 Å². The van der Waals surface area contributed by atoms with Crippen molar-refractivity contribution < 1.29 is 4.79 Å². The van der Waals surface area contributed by atoms with Crippen LogP contribution in [0.1, 0.15) is 12.8 Å². The molecule has 2 aromatic heterocycles. The molecule has 0 saturated carbocycles. The van der Waals surface area contributed by atoms with Crippen LogP contribution in [0, 0.1) is 5.92 Å². The molecule has 106 valence electrons. The van der Waals surface area contributed by atoms with Gasteiger partial charge in [-0.05, 0) is 24.3 Å². The van der Waals surface area contributed by atoms with Crippen molar-refractivity contribution in [2.45, 2.75) is 18.0 Å². The zero-order valence-electron chi connectivity index (χ0n) is 11.1. The van der Waals surface area contributed by atoms with Crippen molar-refractivity contribution in [2.75, 3.05) is 12.3 Å². The molecule has 1 fully saturated rings. The molecule has 3 rings (SSSR count). The highest BCUT2D eigenvalue weighted by Gasteiger charge is 2.23. The standard InChI is InChI=1S/C13H15N3O2S2/c1-16-12(18)10-9(4-7-19-10)15-13(16)20-6-3-8-2-5-14-11(8)17/h4,7-8H,2-3,5-6H2,1H3,(H,14,17)/t8-/m1/s1. The Labute approximate surface area is 124 Å². The normalized spacial score (nSPS) is 18.6. The third-order valence-corrected chi connectivity index (χ3v) is 5.46. The Balaban J connectivity index is 1.72. The highest BCUT2D eigenvalue weighted by Crippen LogP contribution is 2.23. The molecule has 1 atom stereocenters. The second kappa shape index (κ2) is 5.57. The number of hydrogen-bond acceptors (Lipinski definition) is 5. The Hall–Kier alpha value is -1.34. The number of thioether (sulfide) groups is 1. The van der Waals surface area contributed by atoms with Gasteiger partial charge in [-0.25, -0.2) is 4.98 Å². The predicted molar refractivity (Wildman–Crippen MR) is 81.3 cm³/mol. The fourth-order valence-electron chi connectivity index (χ4n) is 2.31. The maximum absolute atomic E-state index is 12.1. The number of rotatable bonds is 4. The minimum atomic E-state index is 0.00566. The number of carbonyl (C=O) groups is 1. The lowest BCUT2D eigenvalue weighted by Gasteiger charge is -2.08. The molecule has 1 aliphatic rings. The summed E-state index contributed by atoms with van der Waals surface area (Å²) in [7, 11) is 1.75. The molecule has 0 spiro atoms. The molecular formula is C13H15N3O2S2. The summed E-state index contributed by atoms with van der Waals surface area (Å²) < 4.78 is 2.30. The minimum absolute atomic E-state index is 0.00566. The molecule has 1 N–H and O–H groups in total. The first-order valence-corrected chi connectivity index (χ1v) is 8.38. The van der Waals surface area contributed by atoms with Crippen LogP contribution >= 0.6 is 23.1 Å². The molecule has 7 heteroatoms. The minimum Gasteiger partial charge on any atom is -0.356 e. The van der Waals surface area contributed by atoms with Crippen LogP contribution in [-0.2, 0) is 11.8 Å². The van der Waals surface area contributed by atoms with Gasteiger partial charge < -0.3 is 5.32 Å². The fourth-order valence-corrected chi connectivity index (χ4v) is 4.14. The summed E-state index contributed by atoms with van der Waals surface area (Å²) in [6, 6.07) is 1.87. The molecule has 0 aromatic carbocycles. The van der Waals surface area contributed by atoms with E-state index in [9.17, 15) is 9.59 Å². The summed E-state index contributed by atoms with van der Waals surface area (Å²) >= 11 is 2.97. The van der Waals surface area contributed by atoms with Crippen LogP contribution in [0.5, 0.6) is 0 Å². The molecule has 0 unspecified atom stereocenters. The van der Waals surface area contributed by atoms with E-state index in [1.54, 1.807) is 23.4 Å². The summed E-state index contributed by atoms with van der Waals surface area (Å²) in [6.45, 7) is 0.783. The van der Waals surface area contributed by atoms with E-state index in [2.05, 4.69) is 10.3 Å². The van der Waals surface area contributed by atoms with Crippen molar-refractivity contribution in [3.05, 3.63) is 21.8 Å². The third kappa shape index (κ3) is 2.47. The molecule has 1 aliphatic heterocycles. The van der Waals surface area contributed by atoms with Crippen LogP contribution < -0.4 is 10.9 Å². The average molecular weight is 309 g/mol. The first-order valence-electron chi connectivity index (χ1n) is 6.51. The fraction of sp³-hybridized carbons (Fsp3) is 0.462. The van der Waals surface area contributed by atoms with Gasteiger partial charge in [0.2, 0.25) is 5.91 Å². The van der Waals surface area contributed by atoms with Crippen LogP contribution in [0.4, 0.5) is 0 Å². The average Bonchev–Trinajstić information content (AvgIpc) is 3.05. The molecule has 5 nitrogen and oxygen atoms in total. The van der Waals surface area contributed by atoms with E-state index in [1.807, 2.05) is 11.4 Å². The van der Waals surface area contributed by atoms with E-state index in [0.717, 1.165) is 35.8 Å². The largest absolute Gasteiger partial charge is 0.356 e. The van der Waals surface area contributed by atoms with Crippen molar-refractivity contribution in [3.63, 3.8) is 0 Å². The van der Waals surface area contributed by atoms with E-state index in [0.29, 0.717) is 4.70 Å². The Kier molecular flexibility index (Phi) is 3.80. The number of thiophene rings is 1. The lowest BCUT2D eigenvalue weighted by atomic mass is 10.1. The van der Waals surface area contributed by atoms with Gasteiger partial charge in [-0.1, -0.05) is 11.8 Å². The lowest BCUT2D eigenvalue weighted by molar-refractivity contribution is -0.122. The monoisotopic (exact) mass is 309 g/mol. The van der Waals surface area contributed by atoms with Crippen LogP contribution in [-0.4, -0.2) is 27.8 Å². The van der Waals surface area contributed by atoms with Gasteiger partial charge in [-0.15, -0.1) is 11.3 Å². The number of nitrogens with one attached hydrogen (secondary N) is 1. The maximum Gasteiger partial charge on any atom is 0.271 e. The van der Waals surface area contributed by atoms with Crippen molar-refractivity contribution >= 4 is 39.2 Å². The molecule has 3 heterocycles. The van der Waals surface area contributed by atoms with Gasteiger partial charge in [0.1, 0.15) is 4.70 Å². The highest BCUT2D eigenvalue weighted by molar-refractivity contribution is 7.99. The molecular weight excluding hydrogens is 294 g/mol. The van der Waals surface area contributed by atoms with Crippen molar-refractivity contribution in [1.82, 2.24) is 14.9 Å². The first-order chi connectivity index (χ1) is 9.66. The van der Waals surface area contributed by atoms with Gasteiger partial charge in [0.15, 0.2) is 5.16 Å². The second-order valence-electron chi connectivity index (χ2n) is 4.81. The zero-order chi connectivity index (χ0) is 14.1. The molecule has 2 aromatic rings. The van der Waals surface area contributed by atoms with Crippen LogP contribution in [0.15, 0.2) is 21.4 Å². The predicted octanol–water partition coefficient (Wildman–Crippen LogP) is 1.61. The zero-order valence-corrected chi connectivity index (χ0v) is 12.7. The van der Waals surface area contributed by atoms with Gasteiger partial charge in [0, 0.05) is 25.3 Å². The van der Waals surface area contributed by atoms with E-state index < -0.39 is 0 Å². The lowest BCUT2D eigenvalue weighted by Crippen LogP contribution is -2.20. The summed E-state index contributed by atoms with van der Waals surface area (Å²) in [5, 5.41) is 5.45. The summed E-state index contributed by atoms with van der Waals surface area (Å²) in [5.74, 6) is 1.07. The number of fused-ring (bicyclic) bond motifs is 1. The number of aromatic nitrogens is 2. The highest BCUT2D eigenvalue weighted by atomic mass is 32.2. The number of amides is 1. The quantitative estimate of drug-likeness (QED) is 0.688.